The zero-order chi connectivity index (χ0) is 16.2. The minimum Gasteiger partial charge on any atom is -0.481 e. The summed E-state index contributed by atoms with van der Waals surface area (Å²) in [5.41, 5.74) is 2.57. The number of carbonyl (C=O) groups is 2. The molecule has 1 heterocycles. The number of carboxylic acids is 1. The number of anilines is 1. The molecule has 0 saturated heterocycles. The monoisotopic (exact) mass is 314 g/mol. The molecule has 120 valence electrons. The largest absolute Gasteiger partial charge is 0.481 e. The summed E-state index contributed by atoms with van der Waals surface area (Å²) in [7, 11) is 0. The van der Waals surface area contributed by atoms with Gasteiger partial charge in [-0.1, -0.05) is 23.7 Å². The van der Waals surface area contributed by atoms with Crippen LogP contribution in [0.25, 0.3) is 0 Å². The van der Waals surface area contributed by atoms with E-state index in [2.05, 4.69) is 10.5 Å². The van der Waals surface area contributed by atoms with Crippen molar-refractivity contribution in [2.75, 3.05) is 5.32 Å². The number of nitrogens with zero attached hydrogens (tertiary/aromatic N) is 1. The van der Waals surface area contributed by atoms with Gasteiger partial charge in [0.05, 0.1) is 6.42 Å². The third-order valence-electron chi connectivity index (χ3n) is 3.98. The first kappa shape index (κ1) is 15.3. The van der Waals surface area contributed by atoms with Gasteiger partial charge < -0.3 is 14.9 Å². The molecule has 1 aliphatic rings. The van der Waals surface area contributed by atoms with Gasteiger partial charge in [-0.15, -0.1) is 0 Å². The summed E-state index contributed by atoms with van der Waals surface area (Å²) in [5.74, 6) is -0.348. The number of hydrogen-bond acceptors (Lipinski definition) is 4. The second-order valence-corrected chi connectivity index (χ2v) is 5.72. The van der Waals surface area contributed by atoms with Crippen LogP contribution in [0.1, 0.15) is 46.6 Å². The highest BCUT2D eigenvalue weighted by atomic mass is 16.5. The Morgan fingerprint density at radius 2 is 1.87 bits per heavy atom. The number of amides is 1. The molecule has 2 aromatic rings. The first-order valence-electron chi connectivity index (χ1n) is 7.73. The van der Waals surface area contributed by atoms with Gasteiger partial charge in [0.15, 0.2) is 5.69 Å². The fourth-order valence-corrected chi connectivity index (χ4v) is 2.81. The summed E-state index contributed by atoms with van der Waals surface area (Å²) < 4.78 is 5.31. The van der Waals surface area contributed by atoms with Gasteiger partial charge in [0, 0.05) is 17.7 Å². The van der Waals surface area contributed by atoms with Crippen molar-refractivity contribution in [3.8, 4) is 0 Å². The van der Waals surface area contributed by atoms with E-state index in [4.69, 9.17) is 9.63 Å². The maximum atomic E-state index is 12.4. The molecule has 0 radical (unpaired) electrons. The van der Waals surface area contributed by atoms with Crippen LogP contribution < -0.4 is 5.32 Å². The summed E-state index contributed by atoms with van der Waals surface area (Å²) in [6.45, 7) is 0. The van der Waals surface area contributed by atoms with Crippen LogP contribution >= 0.6 is 0 Å². The Bertz CT molecular complexity index is 719. The topological polar surface area (TPSA) is 92.4 Å². The van der Waals surface area contributed by atoms with E-state index in [0.717, 1.165) is 43.4 Å². The van der Waals surface area contributed by atoms with Gasteiger partial charge in [0.25, 0.3) is 5.91 Å². The highest BCUT2D eigenvalue weighted by Crippen LogP contribution is 2.24. The van der Waals surface area contributed by atoms with Crippen molar-refractivity contribution in [2.24, 2.45) is 0 Å². The molecule has 0 fully saturated rings. The van der Waals surface area contributed by atoms with Crippen LogP contribution in [0.15, 0.2) is 28.8 Å². The van der Waals surface area contributed by atoms with Crippen LogP contribution in [0.2, 0.25) is 0 Å². The van der Waals surface area contributed by atoms with Crippen LogP contribution in [0, 0.1) is 0 Å². The van der Waals surface area contributed by atoms with Gasteiger partial charge in [0.2, 0.25) is 0 Å². The smallest absolute Gasteiger partial charge is 0.307 e. The van der Waals surface area contributed by atoms with Gasteiger partial charge in [-0.3, -0.25) is 9.59 Å². The third kappa shape index (κ3) is 3.59. The van der Waals surface area contributed by atoms with Gasteiger partial charge in [0.1, 0.15) is 5.76 Å². The van der Waals surface area contributed by atoms with E-state index < -0.39 is 5.97 Å². The van der Waals surface area contributed by atoms with Crippen molar-refractivity contribution >= 4 is 17.6 Å². The van der Waals surface area contributed by atoms with E-state index >= 15 is 0 Å². The molecule has 1 aromatic carbocycles. The van der Waals surface area contributed by atoms with Crippen molar-refractivity contribution in [1.29, 1.82) is 0 Å². The SMILES string of the molecule is O=C(O)Cc1ccc(NC(=O)c2noc3c2CCCCC3)cc1. The summed E-state index contributed by atoms with van der Waals surface area (Å²) in [6, 6.07) is 6.75. The summed E-state index contributed by atoms with van der Waals surface area (Å²) in [6.07, 6.45) is 4.85. The number of aromatic nitrogens is 1. The summed E-state index contributed by atoms with van der Waals surface area (Å²) >= 11 is 0. The molecule has 23 heavy (non-hydrogen) atoms. The van der Waals surface area contributed by atoms with Crippen molar-refractivity contribution in [2.45, 2.75) is 38.5 Å². The second-order valence-electron chi connectivity index (χ2n) is 5.72. The molecule has 6 heteroatoms. The number of aliphatic carboxylic acids is 1. The maximum absolute atomic E-state index is 12.4. The molecule has 6 nitrogen and oxygen atoms in total. The Morgan fingerprint density at radius 3 is 2.61 bits per heavy atom. The number of nitrogens with one attached hydrogen (secondary N) is 1. The summed E-state index contributed by atoms with van der Waals surface area (Å²) in [5, 5.41) is 15.5. The molecule has 0 spiro atoms. The van der Waals surface area contributed by atoms with Crippen molar-refractivity contribution in [3.05, 3.63) is 46.8 Å². The third-order valence-corrected chi connectivity index (χ3v) is 3.98. The predicted molar refractivity (Wildman–Crippen MR) is 83.5 cm³/mol. The van der Waals surface area contributed by atoms with E-state index in [1.807, 2.05) is 0 Å². The number of rotatable bonds is 4. The minimum atomic E-state index is -0.882. The Kier molecular flexibility index (Phi) is 4.41. The van der Waals surface area contributed by atoms with Crippen molar-refractivity contribution in [1.82, 2.24) is 5.16 Å². The van der Waals surface area contributed by atoms with E-state index in [0.29, 0.717) is 16.9 Å². The Balaban J connectivity index is 1.72. The highest BCUT2D eigenvalue weighted by Gasteiger charge is 2.23. The van der Waals surface area contributed by atoms with E-state index in [1.165, 1.54) is 0 Å². The van der Waals surface area contributed by atoms with Gasteiger partial charge in [-0.2, -0.15) is 0 Å². The zero-order valence-electron chi connectivity index (χ0n) is 12.7. The number of hydrogen-bond donors (Lipinski definition) is 2. The minimum absolute atomic E-state index is 0.0367. The Hall–Kier alpha value is -2.63. The molecule has 0 bridgehead atoms. The molecule has 1 aliphatic carbocycles. The first-order chi connectivity index (χ1) is 11.1. The Labute approximate surface area is 133 Å². The van der Waals surface area contributed by atoms with Gasteiger partial charge in [-0.25, -0.2) is 0 Å². The lowest BCUT2D eigenvalue weighted by atomic mass is 10.1. The normalized spacial score (nSPS) is 13.9. The average Bonchev–Trinajstić information content (AvgIpc) is 2.78. The zero-order valence-corrected chi connectivity index (χ0v) is 12.7. The quantitative estimate of drug-likeness (QED) is 0.847. The first-order valence-corrected chi connectivity index (χ1v) is 7.73. The number of carboxylic acid groups (broad SMARTS) is 1. The second kappa shape index (κ2) is 6.64. The van der Waals surface area contributed by atoms with E-state index in [1.54, 1.807) is 24.3 Å². The lowest BCUT2D eigenvalue weighted by molar-refractivity contribution is -0.136. The lowest BCUT2D eigenvalue weighted by Crippen LogP contribution is -2.14. The number of aryl methyl sites for hydroxylation is 1. The number of fused-ring (bicyclic) bond motifs is 1. The van der Waals surface area contributed by atoms with Crippen molar-refractivity contribution in [3.63, 3.8) is 0 Å². The van der Waals surface area contributed by atoms with E-state index in [9.17, 15) is 9.59 Å². The molecule has 0 atom stereocenters. The molecule has 2 N–H and O–H groups in total. The van der Waals surface area contributed by atoms with Crippen LogP contribution in [0.4, 0.5) is 5.69 Å². The standard InChI is InChI=1S/C17H18N2O4/c20-15(21)10-11-6-8-12(9-7-11)18-17(22)16-13-4-2-1-3-5-14(13)23-19-16/h6-9H,1-5,10H2,(H,18,22)(H,20,21). The number of carbonyl (C=O) groups excluding carboxylic acids is 1. The van der Waals surface area contributed by atoms with Crippen LogP contribution in [-0.4, -0.2) is 22.1 Å². The van der Waals surface area contributed by atoms with Crippen LogP contribution in [-0.2, 0) is 24.1 Å². The van der Waals surface area contributed by atoms with Crippen LogP contribution in [0.3, 0.4) is 0 Å². The van der Waals surface area contributed by atoms with Gasteiger partial charge in [-0.05, 0) is 37.0 Å². The Morgan fingerprint density at radius 1 is 1.13 bits per heavy atom. The molecule has 0 unspecified atom stereocenters. The molecule has 1 aromatic heterocycles. The molecular formula is C17H18N2O4. The fraction of sp³-hybridized carbons (Fsp3) is 0.353. The van der Waals surface area contributed by atoms with Crippen LogP contribution in [0.5, 0.6) is 0 Å². The van der Waals surface area contributed by atoms with Gasteiger partial charge >= 0.3 is 5.97 Å². The molecule has 3 rings (SSSR count). The predicted octanol–water partition coefficient (Wildman–Crippen LogP) is 2.82. The summed E-state index contributed by atoms with van der Waals surface area (Å²) in [4.78, 5) is 23.1. The van der Waals surface area contributed by atoms with Crippen molar-refractivity contribution < 1.29 is 19.2 Å². The number of benzene rings is 1. The molecule has 0 saturated carbocycles. The molecular weight excluding hydrogens is 296 g/mol. The molecule has 1 amide bonds. The van der Waals surface area contributed by atoms with E-state index in [-0.39, 0.29) is 12.3 Å². The fourth-order valence-electron chi connectivity index (χ4n) is 2.81. The lowest BCUT2D eigenvalue weighted by Gasteiger charge is -2.05. The highest BCUT2D eigenvalue weighted by molar-refractivity contribution is 6.03. The average molecular weight is 314 g/mol. The maximum Gasteiger partial charge on any atom is 0.307 e. The molecule has 0 aliphatic heterocycles.